The molecule has 6 heteroatoms. The number of nitrogens with one attached hydrogen (secondary N) is 1. The molecule has 2 aromatic rings. The number of nitrogens with zero attached hydrogens (tertiary/aromatic N) is 1. The second-order valence-corrected chi connectivity index (χ2v) is 10.4. The molecule has 1 aliphatic rings. The van der Waals surface area contributed by atoms with Gasteiger partial charge >= 0.3 is 0 Å². The van der Waals surface area contributed by atoms with Crippen LogP contribution in [0.1, 0.15) is 67.9 Å². The fourth-order valence-electron chi connectivity index (χ4n) is 3.68. The molecule has 2 aromatic carbocycles. The maximum absolute atomic E-state index is 13.6. The van der Waals surface area contributed by atoms with Crippen molar-refractivity contribution in [3.63, 3.8) is 0 Å². The second-order valence-electron chi connectivity index (χ2n) is 9.33. The monoisotopic (exact) mass is 454 g/mol. The molecule has 0 aliphatic carbocycles. The summed E-state index contributed by atoms with van der Waals surface area (Å²) in [6, 6.07) is 15.0. The van der Waals surface area contributed by atoms with Crippen molar-refractivity contribution in [2.24, 2.45) is 0 Å². The molecule has 0 spiro atoms. The number of benzene rings is 2. The Balaban J connectivity index is 1.94. The van der Waals surface area contributed by atoms with E-state index in [2.05, 4.69) is 50.4 Å². The number of methoxy groups -OCH3 is 1. The van der Waals surface area contributed by atoms with Crippen LogP contribution in [-0.2, 0) is 10.2 Å². The lowest BCUT2D eigenvalue weighted by molar-refractivity contribution is -0.125. The van der Waals surface area contributed by atoms with Gasteiger partial charge in [0.2, 0.25) is 5.91 Å². The van der Waals surface area contributed by atoms with Gasteiger partial charge in [0.15, 0.2) is 0 Å². The summed E-state index contributed by atoms with van der Waals surface area (Å²) in [6.45, 7) is 10.6. The molecule has 1 aliphatic heterocycles. The van der Waals surface area contributed by atoms with Gasteiger partial charge in [-0.2, -0.15) is 0 Å². The van der Waals surface area contributed by atoms with Crippen molar-refractivity contribution in [3.05, 3.63) is 65.2 Å². The molecule has 2 amide bonds. The summed E-state index contributed by atoms with van der Waals surface area (Å²) < 4.78 is 5.23. The van der Waals surface area contributed by atoms with Crippen LogP contribution in [0.25, 0.3) is 0 Å². The summed E-state index contributed by atoms with van der Waals surface area (Å²) in [5.41, 5.74) is 2.87. The second kappa shape index (κ2) is 9.99. The van der Waals surface area contributed by atoms with E-state index in [1.54, 1.807) is 48.0 Å². The SMILES string of the molecule is CCC(C)NC(=O)C1CSC(c2ccc(C(C)(C)C)cc2)N1C(=O)c1ccc(OC)cc1. The molecule has 3 rings (SSSR count). The predicted molar refractivity (Wildman–Crippen MR) is 131 cm³/mol. The van der Waals surface area contributed by atoms with E-state index < -0.39 is 6.04 Å². The van der Waals surface area contributed by atoms with Crippen molar-refractivity contribution in [3.8, 4) is 5.75 Å². The van der Waals surface area contributed by atoms with Gasteiger partial charge in [-0.05, 0) is 54.2 Å². The third kappa shape index (κ3) is 5.29. The topological polar surface area (TPSA) is 58.6 Å². The lowest BCUT2D eigenvalue weighted by Gasteiger charge is -2.30. The van der Waals surface area contributed by atoms with Gasteiger partial charge in [-0.25, -0.2) is 0 Å². The molecule has 32 heavy (non-hydrogen) atoms. The first-order valence-corrected chi connectivity index (χ1v) is 12.2. The lowest BCUT2D eigenvalue weighted by atomic mass is 9.86. The van der Waals surface area contributed by atoms with Crippen LogP contribution in [-0.4, -0.2) is 41.7 Å². The van der Waals surface area contributed by atoms with E-state index >= 15 is 0 Å². The summed E-state index contributed by atoms with van der Waals surface area (Å²) in [7, 11) is 1.60. The Bertz CT molecular complexity index is 935. The molecule has 1 heterocycles. The number of hydrogen-bond acceptors (Lipinski definition) is 4. The maximum Gasteiger partial charge on any atom is 0.255 e. The highest BCUT2D eigenvalue weighted by atomic mass is 32.2. The molecular weight excluding hydrogens is 420 g/mol. The molecule has 0 radical (unpaired) electrons. The first-order valence-electron chi connectivity index (χ1n) is 11.1. The van der Waals surface area contributed by atoms with Gasteiger partial charge in [-0.15, -0.1) is 11.8 Å². The Morgan fingerprint density at radius 1 is 1.12 bits per heavy atom. The molecule has 0 aromatic heterocycles. The van der Waals surface area contributed by atoms with Crippen LogP contribution in [0.3, 0.4) is 0 Å². The Morgan fingerprint density at radius 3 is 2.28 bits per heavy atom. The highest BCUT2D eigenvalue weighted by molar-refractivity contribution is 7.99. The molecule has 3 atom stereocenters. The third-order valence-electron chi connectivity index (χ3n) is 5.94. The zero-order chi connectivity index (χ0) is 23.5. The minimum absolute atomic E-state index is 0.0542. The van der Waals surface area contributed by atoms with Crippen molar-refractivity contribution < 1.29 is 14.3 Å². The molecule has 1 fully saturated rings. The Morgan fingerprint density at radius 2 is 1.75 bits per heavy atom. The smallest absolute Gasteiger partial charge is 0.255 e. The third-order valence-corrected chi connectivity index (χ3v) is 7.26. The average Bonchev–Trinajstić information content (AvgIpc) is 3.23. The number of ether oxygens (including phenoxy) is 1. The quantitative estimate of drug-likeness (QED) is 0.655. The Labute approximate surface area is 195 Å². The van der Waals surface area contributed by atoms with Crippen LogP contribution in [0, 0.1) is 0 Å². The fraction of sp³-hybridized carbons (Fsp3) is 0.462. The Hall–Kier alpha value is -2.47. The molecular formula is C26H34N2O3S. The minimum Gasteiger partial charge on any atom is -0.497 e. The van der Waals surface area contributed by atoms with E-state index in [0.29, 0.717) is 17.1 Å². The number of hydrogen-bond donors (Lipinski definition) is 1. The van der Waals surface area contributed by atoms with E-state index in [1.807, 2.05) is 13.8 Å². The molecule has 1 N–H and O–H groups in total. The standard InChI is InChI=1S/C26H34N2O3S/c1-7-17(2)27-23(29)22-16-32-25(19-8-12-20(13-9-19)26(3,4)5)28(22)24(30)18-10-14-21(31-6)15-11-18/h8-15,17,22,25H,7,16H2,1-6H3,(H,27,29). The maximum atomic E-state index is 13.6. The van der Waals surface area contributed by atoms with E-state index in [-0.39, 0.29) is 28.6 Å². The van der Waals surface area contributed by atoms with E-state index in [4.69, 9.17) is 4.74 Å². The van der Waals surface area contributed by atoms with Gasteiger partial charge in [0.1, 0.15) is 17.2 Å². The van der Waals surface area contributed by atoms with E-state index in [0.717, 1.165) is 12.0 Å². The molecule has 5 nitrogen and oxygen atoms in total. The summed E-state index contributed by atoms with van der Waals surface area (Å²) in [5.74, 6) is 1.02. The largest absolute Gasteiger partial charge is 0.497 e. The highest BCUT2D eigenvalue weighted by Gasteiger charge is 2.42. The summed E-state index contributed by atoms with van der Waals surface area (Å²) in [6.07, 6.45) is 0.843. The molecule has 0 bridgehead atoms. The van der Waals surface area contributed by atoms with Gasteiger partial charge in [0, 0.05) is 17.4 Å². The molecule has 172 valence electrons. The highest BCUT2D eigenvalue weighted by Crippen LogP contribution is 2.43. The normalized spacial score (nSPS) is 19.5. The van der Waals surface area contributed by atoms with Gasteiger partial charge in [0.25, 0.3) is 5.91 Å². The van der Waals surface area contributed by atoms with Crippen LogP contribution in [0.5, 0.6) is 5.75 Å². The van der Waals surface area contributed by atoms with Crippen molar-refractivity contribution in [1.82, 2.24) is 10.2 Å². The van der Waals surface area contributed by atoms with Gasteiger partial charge in [0.05, 0.1) is 7.11 Å². The molecule has 3 unspecified atom stereocenters. The number of amides is 2. The zero-order valence-electron chi connectivity index (χ0n) is 19.8. The average molecular weight is 455 g/mol. The van der Waals surface area contributed by atoms with Crippen molar-refractivity contribution in [2.45, 2.75) is 63.9 Å². The molecule has 0 saturated carbocycles. The number of carbonyl (C=O) groups is 2. The first kappa shape index (κ1) is 24.2. The van der Waals surface area contributed by atoms with Crippen LogP contribution in [0.2, 0.25) is 0 Å². The van der Waals surface area contributed by atoms with Crippen LogP contribution in [0.15, 0.2) is 48.5 Å². The zero-order valence-corrected chi connectivity index (χ0v) is 20.7. The van der Waals surface area contributed by atoms with Crippen molar-refractivity contribution in [2.75, 3.05) is 12.9 Å². The van der Waals surface area contributed by atoms with Crippen LogP contribution in [0.4, 0.5) is 0 Å². The van der Waals surface area contributed by atoms with Crippen LogP contribution < -0.4 is 10.1 Å². The van der Waals surface area contributed by atoms with Crippen LogP contribution >= 0.6 is 11.8 Å². The predicted octanol–water partition coefficient (Wildman–Crippen LogP) is 5.16. The van der Waals surface area contributed by atoms with Gasteiger partial charge in [-0.3, -0.25) is 9.59 Å². The number of thioether (sulfide) groups is 1. The summed E-state index contributed by atoms with van der Waals surface area (Å²) in [5, 5.41) is 2.84. The summed E-state index contributed by atoms with van der Waals surface area (Å²) >= 11 is 1.64. The number of rotatable bonds is 6. The number of carbonyl (C=O) groups excluding carboxylic acids is 2. The molecule has 1 saturated heterocycles. The van der Waals surface area contributed by atoms with Gasteiger partial charge in [-0.1, -0.05) is 52.0 Å². The summed E-state index contributed by atoms with van der Waals surface area (Å²) in [4.78, 5) is 28.5. The van der Waals surface area contributed by atoms with Gasteiger partial charge < -0.3 is 15.0 Å². The van der Waals surface area contributed by atoms with Crippen molar-refractivity contribution in [1.29, 1.82) is 0 Å². The minimum atomic E-state index is -0.518. The fourth-order valence-corrected chi connectivity index (χ4v) is 5.11. The lowest BCUT2D eigenvalue weighted by Crippen LogP contribution is -2.49. The van der Waals surface area contributed by atoms with E-state index in [9.17, 15) is 9.59 Å². The van der Waals surface area contributed by atoms with Crippen molar-refractivity contribution >= 4 is 23.6 Å². The Kier molecular flexibility index (Phi) is 7.55. The van der Waals surface area contributed by atoms with E-state index in [1.165, 1.54) is 5.56 Å². The first-order chi connectivity index (χ1) is 15.2.